The number of hydrogen-bond acceptors (Lipinski definition) is 3. The van der Waals surface area contributed by atoms with E-state index in [2.05, 4.69) is 55.3 Å². The summed E-state index contributed by atoms with van der Waals surface area (Å²) in [5.41, 5.74) is 5.05. The van der Waals surface area contributed by atoms with Crippen molar-refractivity contribution in [2.45, 2.75) is 26.8 Å². The van der Waals surface area contributed by atoms with Gasteiger partial charge >= 0.3 is 0 Å². The molecule has 0 amide bonds. The maximum Gasteiger partial charge on any atom is 0.105 e. The largest absolute Gasteiger partial charge is 0.346 e. The fraction of sp³-hybridized carbons (Fsp3) is 0.267. The third-order valence-corrected chi connectivity index (χ3v) is 4.30. The van der Waals surface area contributed by atoms with E-state index in [-0.39, 0.29) is 6.04 Å². The lowest BCUT2D eigenvalue weighted by molar-refractivity contribution is 0.867. The molecule has 0 aliphatic carbocycles. The Morgan fingerprint density at radius 1 is 1.11 bits per heavy atom. The highest BCUT2D eigenvalue weighted by Crippen LogP contribution is 2.38. The zero-order chi connectivity index (χ0) is 12.7. The van der Waals surface area contributed by atoms with Gasteiger partial charge in [-0.2, -0.15) is 0 Å². The molecule has 0 radical (unpaired) electrons. The molecule has 1 aromatic carbocycles. The van der Waals surface area contributed by atoms with Crippen LogP contribution < -0.4 is 5.32 Å². The Labute approximate surface area is 111 Å². The Hall–Kier alpha value is -1.61. The highest BCUT2D eigenvalue weighted by molar-refractivity contribution is 7.12. The maximum absolute atomic E-state index is 4.62. The molecule has 1 N–H and O–H groups in total. The van der Waals surface area contributed by atoms with Gasteiger partial charge in [-0.15, -0.1) is 11.3 Å². The summed E-state index contributed by atoms with van der Waals surface area (Å²) in [6.07, 6.45) is 1.82. The minimum atomic E-state index is 0.145. The van der Waals surface area contributed by atoms with E-state index in [4.69, 9.17) is 0 Å². The Kier molecular flexibility index (Phi) is 2.71. The second-order valence-electron chi connectivity index (χ2n) is 4.78. The van der Waals surface area contributed by atoms with Gasteiger partial charge in [0.15, 0.2) is 0 Å². The molecule has 3 heteroatoms. The molecule has 2 nitrogen and oxygen atoms in total. The van der Waals surface area contributed by atoms with E-state index in [0.717, 1.165) is 0 Å². The summed E-state index contributed by atoms with van der Waals surface area (Å²) in [5.74, 6) is 0. The number of anilines is 1. The first-order valence-electron chi connectivity index (χ1n) is 6.11. The van der Waals surface area contributed by atoms with Crippen LogP contribution in [0.4, 0.5) is 5.69 Å². The summed E-state index contributed by atoms with van der Waals surface area (Å²) in [7, 11) is 0. The van der Waals surface area contributed by atoms with Gasteiger partial charge < -0.3 is 5.32 Å². The second-order valence-corrected chi connectivity index (χ2v) is 6.24. The average molecular weight is 256 g/mol. The Morgan fingerprint density at radius 3 is 2.67 bits per heavy atom. The fourth-order valence-electron chi connectivity index (χ4n) is 2.46. The van der Waals surface area contributed by atoms with Gasteiger partial charge in [-0.05, 0) is 44.0 Å². The van der Waals surface area contributed by atoms with Gasteiger partial charge in [-0.3, -0.25) is 4.99 Å². The van der Waals surface area contributed by atoms with Crippen molar-refractivity contribution in [3.05, 3.63) is 50.7 Å². The van der Waals surface area contributed by atoms with Crippen molar-refractivity contribution in [3.8, 4) is 0 Å². The monoisotopic (exact) mass is 256 g/mol. The molecular formula is C15H16N2S. The first-order valence-corrected chi connectivity index (χ1v) is 6.92. The summed E-state index contributed by atoms with van der Waals surface area (Å²) < 4.78 is 0. The van der Waals surface area contributed by atoms with Crippen LogP contribution in [0.5, 0.6) is 0 Å². The molecule has 1 aliphatic rings. The predicted molar refractivity (Wildman–Crippen MR) is 78.9 cm³/mol. The maximum atomic E-state index is 4.62. The number of aliphatic imine (C=N–C) groups is 1. The molecule has 92 valence electrons. The number of thiophene rings is 1. The molecule has 3 rings (SSSR count). The number of rotatable bonds is 1. The Morgan fingerprint density at radius 2 is 1.94 bits per heavy atom. The molecule has 0 saturated carbocycles. The van der Waals surface area contributed by atoms with E-state index in [1.54, 1.807) is 0 Å². The normalized spacial score (nSPS) is 17.4. The van der Waals surface area contributed by atoms with Crippen LogP contribution in [0.2, 0.25) is 0 Å². The number of fused-ring (bicyclic) bond motifs is 1. The highest BCUT2D eigenvalue weighted by Gasteiger charge is 2.21. The first kappa shape index (κ1) is 11.5. The second kappa shape index (κ2) is 4.25. The minimum absolute atomic E-state index is 0.145. The van der Waals surface area contributed by atoms with Crippen LogP contribution in [0.15, 0.2) is 29.3 Å². The number of aryl methyl sites for hydroxylation is 3. The van der Waals surface area contributed by atoms with Crippen LogP contribution in [0.1, 0.15) is 32.5 Å². The van der Waals surface area contributed by atoms with Crippen molar-refractivity contribution in [1.82, 2.24) is 0 Å². The van der Waals surface area contributed by atoms with Crippen LogP contribution in [-0.4, -0.2) is 6.34 Å². The molecule has 2 aromatic rings. The zero-order valence-corrected chi connectivity index (χ0v) is 11.6. The third-order valence-electron chi connectivity index (χ3n) is 3.32. The van der Waals surface area contributed by atoms with Crippen LogP contribution in [-0.2, 0) is 0 Å². The van der Waals surface area contributed by atoms with Crippen LogP contribution in [0, 0.1) is 20.8 Å². The molecule has 1 aliphatic heterocycles. The number of nitrogens with zero attached hydrogens (tertiary/aromatic N) is 1. The summed E-state index contributed by atoms with van der Waals surface area (Å²) in [4.78, 5) is 7.33. The summed E-state index contributed by atoms with van der Waals surface area (Å²) >= 11 is 1.85. The zero-order valence-electron chi connectivity index (χ0n) is 10.8. The molecule has 1 aromatic heterocycles. The quantitative estimate of drug-likeness (QED) is 0.811. The summed E-state index contributed by atoms with van der Waals surface area (Å²) in [5, 5.41) is 3.24. The van der Waals surface area contributed by atoms with Crippen molar-refractivity contribution >= 4 is 23.4 Å². The first-order chi connectivity index (χ1) is 8.65. The Balaban J connectivity index is 2.12. The molecule has 1 unspecified atom stereocenters. The number of nitrogens with one attached hydrogen (secondary N) is 1. The van der Waals surface area contributed by atoms with Crippen molar-refractivity contribution in [2.75, 3.05) is 5.32 Å². The molecule has 0 bridgehead atoms. The van der Waals surface area contributed by atoms with Crippen molar-refractivity contribution in [3.63, 3.8) is 0 Å². The predicted octanol–water partition coefficient (Wildman–Crippen LogP) is 4.22. The lowest BCUT2D eigenvalue weighted by atomic mass is 9.96. The lowest BCUT2D eigenvalue weighted by Gasteiger charge is -2.21. The minimum Gasteiger partial charge on any atom is -0.346 e. The molecule has 0 spiro atoms. The van der Waals surface area contributed by atoms with E-state index in [1.807, 2.05) is 17.7 Å². The molecular weight excluding hydrogens is 240 g/mol. The van der Waals surface area contributed by atoms with Gasteiger partial charge in [-0.1, -0.05) is 12.1 Å². The van der Waals surface area contributed by atoms with Gasteiger partial charge in [0.05, 0.1) is 6.34 Å². The van der Waals surface area contributed by atoms with E-state index < -0.39 is 0 Å². The van der Waals surface area contributed by atoms with Gasteiger partial charge in [0.25, 0.3) is 0 Å². The average Bonchev–Trinajstić information content (AvgIpc) is 2.67. The Bertz CT molecular complexity index is 625. The lowest BCUT2D eigenvalue weighted by Crippen LogP contribution is -2.11. The summed E-state index contributed by atoms with van der Waals surface area (Å²) in [6.45, 7) is 6.45. The molecule has 2 heterocycles. The molecule has 0 fully saturated rings. The van der Waals surface area contributed by atoms with Crippen LogP contribution in [0.3, 0.4) is 0 Å². The van der Waals surface area contributed by atoms with E-state index >= 15 is 0 Å². The topological polar surface area (TPSA) is 24.4 Å². The van der Waals surface area contributed by atoms with Crippen molar-refractivity contribution < 1.29 is 0 Å². The van der Waals surface area contributed by atoms with Crippen molar-refractivity contribution in [2.24, 2.45) is 4.99 Å². The van der Waals surface area contributed by atoms with Gasteiger partial charge in [-0.25, -0.2) is 0 Å². The van der Waals surface area contributed by atoms with Gasteiger partial charge in [0, 0.05) is 21.0 Å². The van der Waals surface area contributed by atoms with Gasteiger partial charge in [0.2, 0.25) is 0 Å². The fourth-order valence-corrected chi connectivity index (χ4v) is 3.42. The van der Waals surface area contributed by atoms with Crippen LogP contribution >= 0.6 is 11.3 Å². The smallest absolute Gasteiger partial charge is 0.105 e. The van der Waals surface area contributed by atoms with E-state index in [1.165, 1.54) is 32.1 Å². The SMILES string of the molecule is Cc1ccc2c(c1)NC=NC2c1cc(C)sc1C. The molecule has 0 saturated heterocycles. The third kappa shape index (κ3) is 1.85. The van der Waals surface area contributed by atoms with Crippen LogP contribution in [0.25, 0.3) is 0 Å². The van der Waals surface area contributed by atoms with E-state index in [9.17, 15) is 0 Å². The van der Waals surface area contributed by atoms with Crippen molar-refractivity contribution in [1.29, 1.82) is 0 Å². The van der Waals surface area contributed by atoms with Gasteiger partial charge in [0.1, 0.15) is 6.04 Å². The molecule has 18 heavy (non-hydrogen) atoms. The number of hydrogen-bond donors (Lipinski definition) is 1. The highest BCUT2D eigenvalue weighted by atomic mass is 32.1. The molecule has 1 atom stereocenters. The summed E-state index contributed by atoms with van der Waals surface area (Å²) in [6, 6.07) is 8.93. The van der Waals surface area contributed by atoms with E-state index in [0.29, 0.717) is 0 Å². The number of benzene rings is 1. The standard InChI is InChI=1S/C15H16N2S/c1-9-4-5-12-14(6-9)16-8-17-15(12)13-7-10(2)18-11(13)3/h4-8,15H,1-3H3,(H,16,17).